The van der Waals surface area contributed by atoms with E-state index in [0.29, 0.717) is 18.1 Å². The van der Waals surface area contributed by atoms with E-state index >= 15 is 0 Å². The molecule has 1 fully saturated rings. The van der Waals surface area contributed by atoms with Gasteiger partial charge in [-0.3, -0.25) is 4.90 Å². The summed E-state index contributed by atoms with van der Waals surface area (Å²) in [6, 6.07) is 12.3. The highest BCUT2D eigenvalue weighted by Crippen LogP contribution is 2.23. The van der Waals surface area contributed by atoms with Crippen LogP contribution in [0, 0.1) is 0 Å². The normalized spacial score (nSPS) is 31.6. The molecule has 0 saturated carbocycles. The van der Waals surface area contributed by atoms with Crippen LogP contribution in [0.25, 0.3) is 0 Å². The van der Waals surface area contributed by atoms with E-state index in [-0.39, 0.29) is 0 Å². The van der Waals surface area contributed by atoms with Crippen LogP contribution in [0.3, 0.4) is 0 Å². The van der Waals surface area contributed by atoms with Crippen LogP contribution in [-0.4, -0.2) is 23.0 Å². The van der Waals surface area contributed by atoms with E-state index in [1.165, 1.54) is 5.56 Å². The van der Waals surface area contributed by atoms with Crippen LogP contribution in [0.2, 0.25) is 0 Å². The maximum absolute atomic E-state index is 6.04. The zero-order valence-corrected chi connectivity index (χ0v) is 10.3. The third kappa shape index (κ3) is 2.63. The molecular weight excluding hydrogens is 196 g/mol. The van der Waals surface area contributed by atoms with Crippen LogP contribution >= 0.6 is 0 Å². The van der Waals surface area contributed by atoms with Gasteiger partial charge >= 0.3 is 0 Å². The number of nitrogens with two attached hydrogens (primary N) is 1. The Morgan fingerprint density at radius 2 is 1.69 bits per heavy atom. The van der Waals surface area contributed by atoms with Crippen molar-refractivity contribution in [2.75, 3.05) is 0 Å². The Bertz CT molecular complexity index is 311. The number of hydrogen-bond acceptors (Lipinski definition) is 2. The Labute approximate surface area is 98.4 Å². The zero-order chi connectivity index (χ0) is 11.5. The third-order valence-electron chi connectivity index (χ3n) is 3.63. The molecule has 0 aromatic heterocycles. The Morgan fingerprint density at radius 3 is 2.25 bits per heavy atom. The van der Waals surface area contributed by atoms with Crippen molar-refractivity contribution < 1.29 is 0 Å². The average molecular weight is 218 g/mol. The van der Waals surface area contributed by atoms with E-state index in [2.05, 4.69) is 49.1 Å². The summed E-state index contributed by atoms with van der Waals surface area (Å²) in [6.07, 6.45) is 2.24. The Morgan fingerprint density at radius 1 is 1.12 bits per heavy atom. The first-order chi connectivity index (χ1) is 7.66. The molecule has 0 bridgehead atoms. The molecular formula is C14H22N2. The highest BCUT2D eigenvalue weighted by Gasteiger charge is 2.28. The lowest BCUT2D eigenvalue weighted by Crippen LogP contribution is -2.50. The zero-order valence-electron chi connectivity index (χ0n) is 10.3. The van der Waals surface area contributed by atoms with E-state index < -0.39 is 0 Å². The minimum atomic E-state index is 0.386. The predicted octanol–water partition coefficient (Wildman–Crippen LogP) is 2.39. The molecule has 16 heavy (non-hydrogen) atoms. The maximum atomic E-state index is 6.04. The third-order valence-corrected chi connectivity index (χ3v) is 3.63. The topological polar surface area (TPSA) is 29.3 Å². The monoisotopic (exact) mass is 218 g/mol. The lowest BCUT2D eigenvalue weighted by molar-refractivity contribution is 0.0843. The minimum Gasteiger partial charge on any atom is -0.328 e. The molecule has 0 aliphatic carbocycles. The van der Waals surface area contributed by atoms with E-state index in [4.69, 9.17) is 5.73 Å². The van der Waals surface area contributed by atoms with Gasteiger partial charge in [0.05, 0.1) is 0 Å². The van der Waals surface area contributed by atoms with Gasteiger partial charge in [0, 0.05) is 24.7 Å². The minimum absolute atomic E-state index is 0.386. The lowest BCUT2D eigenvalue weighted by Gasteiger charge is -2.41. The molecule has 1 heterocycles. The fourth-order valence-electron chi connectivity index (χ4n) is 2.78. The number of piperidine rings is 1. The van der Waals surface area contributed by atoms with Crippen molar-refractivity contribution in [3.05, 3.63) is 35.9 Å². The molecule has 2 rings (SSSR count). The molecule has 2 unspecified atom stereocenters. The van der Waals surface area contributed by atoms with Crippen LogP contribution in [0.5, 0.6) is 0 Å². The molecule has 2 N–H and O–H groups in total. The first-order valence-electron chi connectivity index (χ1n) is 6.22. The van der Waals surface area contributed by atoms with Gasteiger partial charge in [0.15, 0.2) is 0 Å². The van der Waals surface area contributed by atoms with Gasteiger partial charge in [-0.05, 0) is 32.3 Å². The SMILES string of the molecule is CC1CC(N)CC(C)N1Cc1ccccc1. The van der Waals surface area contributed by atoms with Gasteiger partial charge in [-0.2, -0.15) is 0 Å². The standard InChI is InChI=1S/C14H22N2/c1-11-8-14(15)9-12(2)16(11)10-13-6-4-3-5-7-13/h3-7,11-12,14H,8-10,15H2,1-2H3. The van der Waals surface area contributed by atoms with Crippen molar-refractivity contribution >= 4 is 0 Å². The maximum Gasteiger partial charge on any atom is 0.0239 e. The molecule has 0 amide bonds. The van der Waals surface area contributed by atoms with Crippen LogP contribution in [0.1, 0.15) is 32.3 Å². The van der Waals surface area contributed by atoms with Crippen LogP contribution in [0.4, 0.5) is 0 Å². The number of benzene rings is 1. The molecule has 1 aromatic rings. The van der Waals surface area contributed by atoms with E-state index in [0.717, 1.165) is 19.4 Å². The fraction of sp³-hybridized carbons (Fsp3) is 0.571. The van der Waals surface area contributed by atoms with E-state index in [9.17, 15) is 0 Å². The fourth-order valence-corrected chi connectivity index (χ4v) is 2.78. The second-order valence-electron chi connectivity index (χ2n) is 5.09. The summed E-state index contributed by atoms with van der Waals surface area (Å²) in [5.41, 5.74) is 7.44. The van der Waals surface area contributed by atoms with Crippen molar-refractivity contribution in [3.8, 4) is 0 Å². The number of rotatable bonds is 2. The van der Waals surface area contributed by atoms with Crippen LogP contribution in [0.15, 0.2) is 30.3 Å². The van der Waals surface area contributed by atoms with Gasteiger partial charge in [-0.25, -0.2) is 0 Å². The molecule has 2 heteroatoms. The lowest BCUT2D eigenvalue weighted by atomic mass is 9.93. The van der Waals surface area contributed by atoms with Gasteiger partial charge in [0.2, 0.25) is 0 Å². The van der Waals surface area contributed by atoms with E-state index in [1.807, 2.05) is 0 Å². The summed E-state index contributed by atoms with van der Waals surface area (Å²) >= 11 is 0. The number of hydrogen-bond donors (Lipinski definition) is 1. The molecule has 1 aliphatic heterocycles. The van der Waals surface area contributed by atoms with Gasteiger partial charge in [-0.15, -0.1) is 0 Å². The molecule has 2 nitrogen and oxygen atoms in total. The molecule has 0 radical (unpaired) electrons. The number of likely N-dealkylation sites (tertiary alicyclic amines) is 1. The largest absolute Gasteiger partial charge is 0.328 e. The smallest absolute Gasteiger partial charge is 0.0239 e. The van der Waals surface area contributed by atoms with Gasteiger partial charge in [0.25, 0.3) is 0 Å². The summed E-state index contributed by atoms with van der Waals surface area (Å²) in [4.78, 5) is 2.57. The van der Waals surface area contributed by atoms with Crippen LogP contribution < -0.4 is 5.73 Å². The predicted molar refractivity (Wildman–Crippen MR) is 68.1 cm³/mol. The summed E-state index contributed by atoms with van der Waals surface area (Å²) in [5.74, 6) is 0. The molecule has 2 atom stereocenters. The quantitative estimate of drug-likeness (QED) is 0.826. The van der Waals surface area contributed by atoms with Gasteiger partial charge < -0.3 is 5.73 Å². The Hall–Kier alpha value is -0.860. The van der Waals surface area contributed by atoms with Crippen molar-refractivity contribution in [1.29, 1.82) is 0 Å². The average Bonchev–Trinajstić information content (AvgIpc) is 2.25. The summed E-state index contributed by atoms with van der Waals surface area (Å²) in [7, 11) is 0. The van der Waals surface area contributed by atoms with Crippen molar-refractivity contribution in [2.24, 2.45) is 5.73 Å². The van der Waals surface area contributed by atoms with Crippen LogP contribution in [-0.2, 0) is 6.54 Å². The van der Waals surface area contributed by atoms with Gasteiger partial charge in [-0.1, -0.05) is 30.3 Å². The van der Waals surface area contributed by atoms with Crippen molar-refractivity contribution in [3.63, 3.8) is 0 Å². The second-order valence-corrected chi connectivity index (χ2v) is 5.09. The molecule has 1 aromatic carbocycles. The Kier molecular flexibility index (Phi) is 3.62. The summed E-state index contributed by atoms with van der Waals surface area (Å²) in [6.45, 7) is 5.63. The van der Waals surface area contributed by atoms with Gasteiger partial charge in [0.1, 0.15) is 0 Å². The molecule has 1 saturated heterocycles. The molecule has 88 valence electrons. The second kappa shape index (κ2) is 4.98. The highest BCUT2D eigenvalue weighted by molar-refractivity contribution is 5.15. The number of nitrogens with zero attached hydrogens (tertiary/aromatic N) is 1. The summed E-state index contributed by atoms with van der Waals surface area (Å²) < 4.78 is 0. The highest BCUT2D eigenvalue weighted by atomic mass is 15.2. The van der Waals surface area contributed by atoms with Crippen molar-refractivity contribution in [1.82, 2.24) is 4.90 Å². The molecule has 0 spiro atoms. The van der Waals surface area contributed by atoms with E-state index in [1.54, 1.807) is 0 Å². The first-order valence-corrected chi connectivity index (χ1v) is 6.22. The van der Waals surface area contributed by atoms with Crippen molar-refractivity contribution in [2.45, 2.75) is 51.4 Å². The molecule has 1 aliphatic rings. The first kappa shape index (κ1) is 11.6. The Balaban J connectivity index is 2.03. The summed E-state index contributed by atoms with van der Waals surface area (Å²) in [5, 5.41) is 0.